The monoisotopic (exact) mass is 444 g/mol. The van der Waals surface area contributed by atoms with Crippen LogP contribution in [0, 0.1) is 5.92 Å². The Morgan fingerprint density at radius 1 is 1.19 bits per heavy atom. The third-order valence-electron chi connectivity index (χ3n) is 6.99. The van der Waals surface area contributed by atoms with E-state index in [9.17, 15) is 4.79 Å². The van der Waals surface area contributed by atoms with Gasteiger partial charge in [-0.2, -0.15) is 0 Å². The molecule has 4 rings (SSSR count). The van der Waals surface area contributed by atoms with Crippen molar-refractivity contribution < 1.29 is 9.53 Å². The van der Waals surface area contributed by atoms with Crippen LogP contribution in [0.5, 0.6) is 5.75 Å². The number of fused-ring (bicyclic) bond motifs is 1. The summed E-state index contributed by atoms with van der Waals surface area (Å²) in [5, 5.41) is 4.25. The first-order valence-electron chi connectivity index (χ1n) is 11.8. The topological polar surface area (TPSA) is 57.7 Å². The number of carbonyl (C=O) groups is 1. The van der Waals surface area contributed by atoms with E-state index in [0.29, 0.717) is 12.1 Å². The van der Waals surface area contributed by atoms with Crippen molar-refractivity contribution in [3.63, 3.8) is 0 Å². The Balaban J connectivity index is 1.21. The standard InChI is InChI=1S/C24H36N4O2S/c1-17-6-4-7-18(2)28(17)13-5-12-25-23(29)19-10-14-27(15-11-19)24-26-21-9-8-20(30-3)16-22(21)31-24/h8-9,16-19H,4-7,10-15H2,1-3H3,(H,25,29)/t17-,18-/m1/s1. The molecule has 1 N–H and O–H groups in total. The van der Waals surface area contributed by atoms with E-state index in [2.05, 4.69) is 29.0 Å². The van der Waals surface area contributed by atoms with Crippen molar-refractivity contribution in [3.8, 4) is 5.75 Å². The summed E-state index contributed by atoms with van der Waals surface area (Å²) in [6, 6.07) is 7.36. The van der Waals surface area contributed by atoms with Gasteiger partial charge in [-0.1, -0.05) is 17.8 Å². The molecule has 1 aromatic heterocycles. The predicted molar refractivity (Wildman–Crippen MR) is 128 cm³/mol. The number of nitrogens with one attached hydrogen (secondary N) is 1. The van der Waals surface area contributed by atoms with Crippen molar-refractivity contribution in [2.45, 2.75) is 64.5 Å². The second kappa shape index (κ2) is 10.2. The van der Waals surface area contributed by atoms with Gasteiger partial charge in [0.25, 0.3) is 0 Å². The molecule has 2 aliphatic rings. The number of anilines is 1. The third-order valence-corrected chi connectivity index (χ3v) is 8.07. The summed E-state index contributed by atoms with van der Waals surface area (Å²) in [5.41, 5.74) is 1.01. The van der Waals surface area contributed by atoms with Crippen LogP contribution in [0.1, 0.15) is 52.4 Å². The number of methoxy groups -OCH3 is 1. The second-order valence-corrected chi connectivity index (χ2v) is 10.1. The molecule has 170 valence electrons. The van der Waals surface area contributed by atoms with Crippen molar-refractivity contribution in [3.05, 3.63) is 18.2 Å². The molecule has 2 aromatic rings. The molecule has 0 spiro atoms. The summed E-state index contributed by atoms with van der Waals surface area (Å²) >= 11 is 1.70. The molecule has 0 radical (unpaired) electrons. The fourth-order valence-electron chi connectivity index (χ4n) is 5.02. The van der Waals surface area contributed by atoms with Crippen molar-refractivity contribution >= 4 is 32.6 Å². The highest BCUT2D eigenvalue weighted by Crippen LogP contribution is 2.33. The van der Waals surface area contributed by atoms with Crippen LogP contribution in [-0.4, -0.2) is 61.2 Å². The summed E-state index contributed by atoms with van der Waals surface area (Å²) in [7, 11) is 1.69. The van der Waals surface area contributed by atoms with Gasteiger partial charge in [-0.15, -0.1) is 0 Å². The maximum absolute atomic E-state index is 12.7. The van der Waals surface area contributed by atoms with Crippen LogP contribution in [0.4, 0.5) is 5.13 Å². The molecule has 2 aliphatic heterocycles. The van der Waals surface area contributed by atoms with Crippen LogP contribution in [0.15, 0.2) is 18.2 Å². The molecule has 0 aliphatic carbocycles. The van der Waals surface area contributed by atoms with Crippen LogP contribution in [0.25, 0.3) is 10.2 Å². The van der Waals surface area contributed by atoms with Gasteiger partial charge in [0.2, 0.25) is 5.91 Å². The summed E-state index contributed by atoms with van der Waals surface area (Å²) in [5.74, 6) is 1.22. The van der Waals surface area contributed by atoms with Crippen LogP contribution in [-0.2, 0) is 4.79 Å². The smallest absolute Gasteiger partial charge is 0.223 e. The third kappa shape index (κ3) is 5.32. The number of carbonyl (C=O) groups excluding carboxylic acids is 1. The molecule has 7 heteroatoms. The number of benzene rings is 1. The molecular formula is C24H36N4O2S. The fraction of sp³-hybridized carbons (Fsp3) is 0.667. The number of aromatic nitrogens is 1. The number of thiazole rings is 1. The molecule has 1 aromatic carbocycles. The Bertz CT molecular complexity index is 868. The number of rotatable bonds is 7. The van der Waals surface area contributed by atoms with Crippen molar-refractivity contribution in [1.29, 1.82) is 0 Å². The molecule has 31 heavy (non-hydrogen) atoms. The first-order valence-corrected chi connectivity index (χ1v) is 12.6. The normalized spacial score (nSPS) is 23.3. The molecule has 0 saturated carbocycles. The van der Waals surface area contributed by atoms with E-state index in [-0.39, 0.29) is 11.8 Å². The van der Waals surface area contributed by atoms with Crippen LogP contribution in [0.3, 0.4) is 0 Å². The lowest BCUT2D eigenvalue weighted by Crippen LogP contribution is -2.45. The number of hydrogen-bond donors (Lipinski definition) is 1. The minimum atomic E-state index is 0.124. The van der Waals surface area contributed by atoms with Gasteiger partial charge < -0.3 is 15.0 Å². The predicted octanol–water partition coefficient (Wildman–Crippen LogP) is 4.29. The van der Waals surface area contributed by atoms with Gasteiger partial charge in [0, 0.05) is 44.2 Å². The van der Waals surface area contributed by atoms with E-state index >= 15 is 0 Å². The summed E-state index contributed by atoms with van der Waals surface area (Å²) in [4.78, 5) is 22.4. The number of piperidine rings is 2. The minimum Gasteiger partial charge on any atom is -0.497 e. The van der Waals surface area contributed by atoms with E-state index in [0.717, 1.165) is 66.5 Å². The number of hydrogen-bond acceptors (Lipinski definition) is 6. The van der Waals surface area contributed by atoms with Crippen molar-refractivity contribution in [2.75, 3.05) is 38.2 Å². The number of ether oxygens (including phenoxy) is 1. The highest BCUT2D eigenvalue weighted by molar-refractivity contribution is 7.22. The largest absolute Gasteiger partial charge is 0.497 e. The Hall–Kier alpha value is -1.86. The lowest BCUT2D eigenvalue weighted by Gasteiger charge is -2.39. The zero-order valence-corrected chi connectivity index (χ0v) is 19.9. The molecule has 2 fully saturated rings. The van der Waals surface area contributed by atoms with Gasteiger partial charge in [0.05, 0.1) is 17.3 Å². The summed E-state index contributed by atoms with van der Waals surface area (Å²) in [6.45, 7) is 8.32. The van der Waals surface area contributed by atoms with E-state index < -0.39 is 0 Å². The average Bonchev–Trinajstić information content (AvgIpc) is 3.21. The molecular weight excluding hydrogens is 408 g/mol. The SMILES string of the molecule is COc1ccc2nc(N3CCC(C(=O)NCCCN4[C@H](C)CCC[C@H]4C)CC3)sc2c1. The molecule has 6 nitrogen and oxygen atoms in total. The minimum absolute atomic E-state index is 0.124. The summed E-state index contributed by atoms with van der Waals surface area (Å²) in [6.07, 6.45) is 6.78. The van der Waals surface area contributed by atoms with E-state index in [1.54, 1.807) is 18.4 Å². The van der Waals surface area contributed by atoms with Gasteiger partial charge >= 0.3 is 0 Å². The zero-order valence-electron chi connectivity index (χ0n) is 19.1. The van der Waals surface area contributed by atoms with Crippen LogP contribution < -0.4 is 15.0 Å². The van der Waals surface area contributed by atoms with Crippen molar-refractivity contribution in [1.82, 2.24) is 15.2 Å². The Morgan fingerprint density at radius 3 is 2.65 bits per heavy atom. The average molecular weight is 445 g/mol. The quantitative estimate of drug-likeness (QED) is 0.646. The van der Waals surface area contributed by atoms with Gasteiger partial charge in [-0.25, -0.2) is 4.98 Å². The zero-order chi connectivity index (χ0) is 21.8. The number of likely N-dealkylation sites (tertiary alicyclic amines) is 1. The number of nitrogens with zero attached hydrogens (tertiary/aromatic N) is 3. The van der Waals surface area contributed by atoms with E-state index in [1.165, 1.54) is 19.3 Å². The lowest BCUT2D eigenvalue weighted by molar-refractivity contribution is -0.125. The lowest BCUT2D eigenvalue weighted by atomic mass is 9.96. The highest BCUT2D eigenvalue weighted by atomic mass is 32.1. The number of amides is 1. The molecule has 1 amide bonds. The first-order chi connectivity index (χ1) is 15.0. The van der Waals surface area contributed by atoms with Crippen LogP contribution in [0.2, 0.25) is 0 Å². The Kier molecular flexibility index (Phi) is 7.33. The maximum Gasteiger partial charge on any atom is 0.223 e. The fourth-order valence-corrected chi connectivity index (χ4v) is 6.07. The van der Waals surface area contributed by atoms with Crippen molar-refractivity contribution in [2.24, 2.45) is 5.92 Å². The highest BCUT2D eigenvalue weighted by Gasteiger charge is 2.27. The molecule has 2 atom stereocenters. The Labute approximate surface area is 190 Å². The maximum atomic E-state index is 12.7. The molecule has 2 saturated heterocycles. The van der Waals surface area contributed by atoms with Gasteiger partial charge in [-0.05, 0) is 64.2 Å². The van der Waals surface area contributed by atoms with Gasteiger partial charge in [-0.3, -0.25) is 9.69 Å². The van der Waals surface area contributed by atoms with Gasteiger partial charge in [0.1, 0.15) is 5.75 Å². The first kappa shape index (κ1) is 22.3. The second-order valence-electron chi connectivity index (χ2n) is 9.10. The summed E-state index contributed by atoms with van der Waals surface area (Å²) < 4.78 is 6.47. The molecule has 0 unspecified atom stereocenters. The van der Waals surface area contributed by atoms with Gasteiger partial charge in [0.15, 0.2) is 5.13 Å². The van der Waals surface area contributed by atoms with Crippen LogP contribution >= 0.6 is 11.3 Å². The van der Waals surface area contributed by atoms with E-state index in [1.807, 2.05) is 18.2 Å². The van der Waals surface area contributed by atoms with E-state index in [4.69, 9.17) is 9.72 Å². The molecule has 3 heterocycles. The Morgan fingerprint density at radius 2 is 1.94 bits per heavy atom. The molecule has 0 bridgehead atoms.